The molecule has 4 N–H and O–H groups in total. The molecular weight excluding hydrogens is 214 g/mol. The van der Waals surface area contributed by atoms with Crippen molar-refractivity contribution in [3.63, 3.8) is 0 Å². The number of morpholine rings is 1. The number of hydrogen-bond acceptors (Lipinski definition) is 4. The number of ether oxygens (including phenoxy) is 1. The fourth-order valence-electron chi connectivity index (χ4n) is 3.37. The van der Waals surface area contributed by atoms with Crippen LogP contribution in [0.5, 0.6) is 0 Å². The van der Waals surface area contributed by atoms with Gasteiger partial charge >= 0.3 is 0 Å². The molecule has 0 aromatic carbocycles. The molecule has 2 rings (SSSR count). The molecule has 2 aliphatic rings. The van der Waals surface area contributed by atoms with Gasteiger partial charge in [-0.3, -0.25) is 4.90 Å². The summed E-state index contributed by atoms with van der Waals surface area (Å²) in [5.41, 5.74) is 12.0. The molecule has 1 saturated heterocycles. The van der Waals surface area contributed by atoms with Gasteiger partial charge in [-0.1, -0.05) is 6.42 Å². The van der Waals surface area contributed by atoms with Gasteiger partial charge in [0.15, 0.2) is 0 Å². The molecule has 3 atom stereocenters. The average molecular weight is 241 g/mol. The molecule has 1 heterocycles. The Balaban J connectivity index is 1.86. The van der Waals surface area contributed by atoms with E-state index >= 15 is 0 Å². The van der Waals surface area contributed by atoms with Gasteiger partial charge in [0.25, 0.3) is 0 Å². The first kappa shape index (κ1) is 13.3. The van der Waals surface area contributed by atoms with Crippen LogP contribution >= 0.6 is 0 Å². The van der Waals surface area contributed by atoms with Crippen LogP contribution in [0, 0.1) is 11.8 Å². The fraction of sp³-hybridized carbons (Fsp3) is 1.00. The van der Waals surface area contributed by atoms with Gasteiger partial charge in [-0.2, -0.15) is 0 Å². The van der Waals surface area contributed by atoms with Crippen LogP contribution in [0.15, 0.2) is 0 Å². The highest BCUT2D eigenvalue weighted by Crippen LogP contribution is 2.32. The van der Waals surface area contributed by atoms with Gasteiger partial charge in [0.2, 0.25) is 0 Å². The molecule has 2 fully saturated rings. The second kappa shape index (κ2) is 6.69. The number of nitrogens with zero attached hydrogens (tertiary/aromatic N) is 1. The van der Waals surface area contributed by atoms with Crippen molar-refractivity contribution in [1.82, 2.24) is 4.90 Å². The maximum atomic E-state index is 6.23. The number of rotatable bonds is 5. The molecule has 100 valence electrons. The van der Waals surface area contributed by atoms with Crippen LogP contribution in [0.2, 0.25) is 0 Å². The largest absolute Gasteiger partial charge is 0.379 e. The average Bonchev–Trinajstić information content (AvgIpc) is 2.76. The lowest BCUT2D eigenvalue weighted by Crippen LogP contribution is -2.43. The van der Waals surface area contributed by atoms with Crippen LogP contribution < -0.4 is 11.5 Å². The van der Waals surface area contributed by atoms with E-state index in [1.54, 1.807) is 0 Å². The molecule has 0 bridgehead atoms. The molecule has 1 aliphatic heterocycles. The van der Waals surface area contributed by atoms with Crippen LogP contribution in [-0.4, -0.2) is 50.3 Å². The Bertz CT molecular complexity index is 219. The molecule has 1 aliphatic carbocycles. The summed E-state index contributed by atoms with van der Waals surface area (Å²) >= 11 is 0. The second-order valence-electron chi connectivity index (χ2n) is 5.51. The molecule has 1 saturated carbocycles. The third kappa shape index (κ3) is 3.65. The first-order valence-electron chi connectivity index (χ1n) is 7.07. The minimum Gasteiger partial charge on any atom is -0.379 e. The normalized spacial score (nSPS) is 32.8. The van der Waals surface area contributed by atoms with E-state index in [2.05, 4.69) is 4.90 Å². The highest BCUT2D eigenvalue weighted by Gasteiger charge is 2.32. The molecular formula is C13H27N3O. The highest BCUT2D eigenvalue weighted by atomic mass is 16.5. The summed E-state index contributed by atoms with van der Waals surface area (Å²) in [7, 11) is 0. The van der Waals surface area contributed by atoms with E-state index in [4.69, 9.17) is 16.2 Å². The van der Waals surface area contributed by atoms with E-state index in [9.17, 15) is 0 Å². The van der Waals surface area contributed by atoms with Crippen LogP contribution in [0.1, 0.15) is 25.7 Å². The minimum atomic E-state index is 0.410. The molecule has 3 unspecified atom stereocenters. The fourth-order valence-corrected chi connectivity index (χ4v) is 3.37. The first-order valence-corrected chi connectivity index (χ1v) is 7.07. The van der Waals surface area contributed by atoms with E-state index in [1.807, 2.05) is 0 Å². The van der Waals surface area contributed by atoms with Crippen molar-refractivity contribution in [3.8, 4) is 0 Å². The number of nitrogens with two attached hydrogens (primary N) is 2. The van der Waals surface area contributed by atoms with E-state index in [0.29, 0.717) is 17.9 Å². The van der Waals surface area contributed by atoms with E-state index < -0.39 is 0 Å². The van der Waals surface area contributed by atoms with Crippen molar-refractivity contribution < 1.29 is 4.74 Å². The van der Waals surface area contributed by atoms with Crippen LogP contribution in [0.25, 0.3) is 0 Å². The van der Waals surface area contributed by atoms with Crippen molar-refractivity contribution >= 4 is 0 Å². The van der Waals surface area contributed by atoms with Crippen molar-refractivity contribution in [2.75, 3.05) is 39.4 Å². The summed E-state index contributed by atoms with van der Waals surface area (Å²) in [4.78, 5) is 2.52. The summed E-state index contributed by atoms with van der Waals surface area (Å²) in [5.74, 6) is 1.39. The molecule has 0 aromatic rings. The van der Waals surface area contributed by atoms with Gasteiger partial charge in [0.05, 0.1) is 13.2 Å². The SMILES string of the molecule is NCCC(CN1CCOCC1)C1CCCC1N. The lowest BCUT2D eigenvalue weighted by Gasteiger charge is -2.34. The topological polar surface area (TPSA) is 64.5 Å². The summed E-state index contributed by atoms with van der Waals surface area (Å²) in [6.45, 7) is 5.86. The summed E-state index contributed by atoms with van der Waals surface area (Å²) in [6, 6.07) is 0.410. The second-order valence-corrected chi connectivity index (χ2v) is 5.51. The van der Waals surface area contributed by atoms with Gasteiger partial charge in [-0.05, 0) is 37.6 Å². The van der Waals surface area contributed by atoms with Gasteiger partial charge < -0.3 is 16.2 Å². The molecule has 4 nitrogen and oxygen atoms in total. The maximum absolute atomic E-state index is 6.23. The molecule has 0 radical (unpaired) electrons. The highest BCUT2D eigenvalue weighted by molar-refractivity contribution is 4.87. The van der Waals surface area contributed by atoms with Crippen molar-refractivity contribution in [1.29, 1.82) is 0 Å². The summed E-state index contributed by atoms with van der Waals surface area (Å²) < 4.78 is 5.40. The Kier molecular flexibility index (Phi) is 5.22. The molecule has 17 heavy (non-hydrogen) atoms. The zero-order chi connectivity index (χ0) is 12.1. The Labute approximate surface area is 105 Å². The monoisotopic (exact) mass is 241 g/mol. The summed E-state index contributed by atoms with van der Waals surface area (Å²) in [6.07, 6.45) is 4.93. The Hall–Kier alpha value is -0.160. The predicted molar refractivity (Wildman–Crippen MR) is 69.7 cm³/mol. The van der Waals surface area contributed by atoms with Crippen molar-refractivity contribution in [3.05, 3.63) is 0 Å². The van der Waals surface area contributed by atoms with E-state index in [-0.39, 0.29) is 0 Å². The summed E-state index contributed by atoms with van der Waals surface area (Å²) in [5, 5.41) is 0. The first-order chi connectivity index (χ1) is 8.31. The van der Waals surface area contributed by atoms with E-state index in [1.165, 1.54) is 25.8 Å². The third-order valence-corrected chi connectivity index (χ3v) is 4.36. The van der Waals surface area contributed by atoms with E-state index in [0.717, 1.165) is 39.3 Å². The zero-order valence-corrected chi connectivity index (χ0v) is 10.8. The Morgan fingerprint density at radius 1 is 1.24 bits per heavy atom. The zero-order valence-electron chi connectivity index (χ0n) is 10.8. The van der Waals surface area contributed by atoms with Gasteiger partial charge in [0, 0.05) is 25.7 Å². The van der Waals surface area contributed by atoms with Gasteiger partial charge in [-0.15, -0.1) is 0 Å². The maximum Gasteiger partial charge on any atom is 0.0594 e. The van der Waals surface area contributed by atoms with Crippen LogP contribution in [-0.2, 0) is 4.74 Å². The molecule has 0 amide bonds. The molecule has 0 aromatic heterocycles. The van der Waals surface area contributed by atoms with Gasteiger partial charge in [0.1, 0.15) is 0 Å². The smallest absolute Gasteiger partial charge is 0.0594 e. The number of hydrogen-bond donors (Lipinski definition) is 2. The Morgan fingerprint density at radius 3 is 2.59 bits per heavy atom. The lowest BCUT2D eigenvalue weighted by molar-refractivity contribution is 0.0245. The van der Waals surface area contributed by atoms with Crippen LogP contribution in [0.3, 0.4) is 0 Å². The van der Waals surface area contributed by atoms with Crippen molar-refractivity contribution in [2.24, 2.45) is 23.3 Å². The standard InChI is InChI=1S/C13H27N3O/c14-5-4-11(12-2-1-3-13(12)15)10-16-6-8-17-9-7-16/h11-13H,1-10,14-15H2. The van der Waals surface area contributed by atoms with Crippen molar-refractivity contribution in [2.45, 2.75) is 31.7 Å². The van der Waals surface area contributed by atoms with Gasteiger partial charge in [-0.25, -0.2) is 0 Å². The minimum absolute atomic E-state index is 0.410. The van der Waals surface area contributed by atoms with Crippen LogP contribution in [0.4, 0.5) is 0 Å². The Morgan fingerprint density at radius 2 is 2.00 bits per heavy atom. The molecule has 4 heteroatoms. The predicted octanol–water partition coefficient (Wildman–Crippen LogP) is 0.411. The molecule has 0 spiro atoms. The lowest BCUT2D eigenvalue weighted by atomic mass is 9.85. The quantitative estimate of drug-likeness (QED) is 0.732. The third-order valence-electron chi connectivity index (χ3n) is 4.36.